The predicted octanol–water partition coefficient (Wildman–Crippen LogP) is 1.88. The van der Waals surface area contributed by atoms with Crippen LogP contribution in [-0.4, -0.2) is 21.9 Å². The van der Waals surface area contributed by atoms with Gasteiger partial charge in [0, 0.05) is 25.3 Å². The van der Waals surface area contributed by atoms with Crippen LogP contribution in [0.2, 0.25) is 0 Å². The summed E-state index contributed by atoms with van der Waals surface area (Å²) in [5, 5.41) is 7.86. The van der Waals surface area contributed by atoms with E-state index < -0.39 is 0 Å². The molecule has 0 saturated carbocycles. The smallest absolute Gasteiger partial charge is 0.0521 e. The van der Waals surface area contributed by atoms with Gasteiger partial charge in [-0.3, -0.25) is 4.68 Å². The Morgan fingerprint density at radius 1 is 1.53 bits per heavy atom. The summed E-state index contributed by atoms with van der Waals surface area (Å²) in [7, 11) is 1.98. The largest absolute Gasteiger partial charge is 0.311 e. The average Bonchev–Trinajstić information content (AvgIpc) is 2.62. The molecule has 0 amide bonds. The van der Waals surface area contributed by atoms with Crippen molar-refractivity contribution in [1.29, 1.82) is 0 Å². The highest BCUT2D eigenvalue weighted by molar-refractivity contribution is 5.04. The number of hydrogen-bond donors (Lipinski definition) is 1. The van der Waals surface area contributed by atoms with Crippen LogP contribution in [0.25, 0.3) is 0 Å². The maximum Gasteiger partial charge on any atom is 0.0521 e. The lowest BCUT2D eigenvalue weighted by atomic mass is 9.95. The van der Waals surface area contributed by atoms with Crippen molar-refractivity contribution in [1.82, 2.24) is 15.1 Å². The molecule has 1 aliphatic rings. The van der Waals surface area contributed by atoms with Gasteiger partial charge in [0.2, 0.25) is 0 Å². The Labute approximate surface area is 91.9 Å². The van der Waals surface area contributed by atoms with E-state index in [0.29, 0.717) is 12.1 Å². The van der Waals surface area contributed by atoms with Gasteiger partial charge < -0.3 is 5.32 Å². The Bertz CT molecular complexity index is 306. The molecule has 1 N–H and O–H groups in total. The molecule has 1 aromatic heterocycles. The first-order valence-corrected chi connectivity index (χ1v) is 5.97. The van der Waals surface area contributed by atoms with Gasteiger partial charge in [0.05, 0.1) is 6.20 Å². The minimum absolute atomic E-state index is 0.706. The Hall–Kier alpha value is -0.830. The molecule has 1 fully saturated rings. The molecule has 84 valence electrons. The van der Waals surface area contributed by atoms with E-state index in [4.69, 9.17) is 0 Å². The van der Waals surface area contributed by atoms with Crippen LogP contribution in [0.15, 0.2) is 12.4 Å². The minimum atomic E-state index is 0.706. The Balaban J connectivity index is 1.77. The van der Waals surface area contributed by atoms with Crippen LogP contribution in [-0.2, 0) is 13.5 Å². The second-order valence-corrected chi connectivity index (χ2v) is 4.76. The van der Waals surface area contributed by atoms with Crippen molar-refractivity contribution in [2.45, 2.75) is 51.1 Å². The van der Waals surface area contributed by atoms with Crippen LogP contribution in [0.5, 0.6) is 0 Å². The topological polar surface area (TPSA) is 29.9 Å². The van der Waals surface area contributed by atoms with E-state index in [9.17, 15) is 0 Å². The zero-order valence-corrected chi connectivity index (χ0v) is 9.74. The van der Waals surface area contributed by atoms with Crippen molar-refractivity contribution < 1.29 is 0 Å². The standard InChI is InChI=1S/C12H21N3/c1-10-4-3-5-12(14-10)7-6-11-8-13-15(2)9-11/h8-10,12,14H,3-7H2,1-2H3. The van der Waals surface area contributed by atoms with Gasteiger partial charge in [-0.25, -0.2) is 0 Å². The van der Waals surface area contributed by atoms with E-state index in [1.807, 2.05) is 17.9 Å². The summed E-state index contributed by atoms with van der Waals surface area (Å²) in [5.41, 5.74) is 1.36. The molecule has 1 aromatic rings. The highest BCUT2D eigenvalue weighted by Crippen LogP contribution is 2.16. The SMILES string of the molecule is CC1CCCC(CCc2cnn(C)c2)N1. The van der Waals surface area contributed by atoms with Crippen molar-refractivity contribution in [3.05, 3.63) is 18.0 Å². The lowest BCUT2D eigenvalue weighted by Gasteiger charge is -2.28. The summed E-state index contributed by atoms with van der Waals surface area (Å²) in [6.45, 7) is 2.29. The van der Waals surface area contributed by atoms with E-state index in [0.717, 1.165) is 6.42 Å². The van der Waals surface area contributed by atoms with E-state index in [2.05, 4.69) is 23.5 Å². The minimum Gasteiger partial charge on any atom is -0.311 e. The lowest BCUT2D eigenvalue weighted by Crippen LogP contribution is -2.40. The summed E-state index contributed by atoms with van der Waals surface area (Å²) in [6.07, 6.45) is 10.5. The van der Waals surface area contributed by atoms with Crippen LogP contribution in [0.3, 0.4) is 0 Å². The number of aryl methyl sites for hydroxylation is 2. The zero-order valence-electron chi connectivity index (χ0n) is 9.74. The van der Waals surface area contributed by atoms with Crippen molar-refractivity contribution in [3.63, 3.8) is 0 Å². The number of nitrogens with one attached hydrogen (secondary N) is 1. The second-order valence-electron chi connectivity index (χ2n) is 4.76. The third kappa shape index (κ3) is 3.06. The van der Waals surface area contributed by atoms with E-state index >= 15 is 0 Å². The van der Waals surface area contributed by atoms with Crippen molar-refractivity contribution in [3.8, 4) is 0 Å². The quantitative estimate of drug-likeness (QED) is 0.820. The Morgan fingerprint density at radius 2 is 2.40 bits per heavy atom. The summed E-state index contributed by atoms with van der Waals surface area (Å²) in [5.74, 6) is 0. The molecule has 3 heteroatoms. The van der Waals surface area contributed by atoms with Crippen LogP contribution in [0.1, 0.15) is 38.2 Å². The predicted molar refractivity (Wildman–Crippen MR) is 61.8 cm³/mol. The fourth-order valence-corrected chi connectivity index (χ4v) is 2.41. The number of nitrogens with zero attached hydrogens (tertiary/aromatic N) is 2. The van der Waals surface area contributed by atoms with Gasteiger partial charge in [-0.15, -0.1) is 0 Å². The van der Waals surface area contributed by atoms with Crippen LogP contribution < -0.4 is 5.32 Å². The number of rotatable bonds is 3. The van der Waals surface area contributed by atoms with Crippen molar-refractivity contribution in [2.75, 3.05) is 0 Å². The third-order valence-electron chi connectivity index (χ3n) is 3.25. The number of piperidine rings is 1. The summed E-state index contributed by atoms with van der Waals surface area (Å²) >= 11 is 0. The molecule has 0 bridgehead atoms. The van der Waals surface area contributed by atoms with Crippen LogP contribution in [0, 0.1) is 0 Å². The van der Waals surface area contributed by atoms with E-state index in [1.165, 1.54) is 31.2 Å². The Kier molecular flexibility index (Phi) is 3.41. The molecule has 1 aliphatic heterocycles. The van der Waals surface area contributed by atoms with Gasteiger partial charge in [0.15, 0.2) is 0 Å². The monoisotopic (exact) mass is 207 g/mol. The molecule has 0 spiro atoms. The fraction of sp³-hybridized carbons (Fsp3) is 0.750. The van der Waals surface area contributed by atoms with Crippen LogP contribution in [0.4, 0.5) is 0 Å². The summed E-state index contributed by atoms with van der Waals surface area (Å²) in [6, 6.07) is 1.42. The molecular formula is C12H21N3. The highest BCUT2D eigenvalue weighted by Gasteiger charge is 2.17. The highest BCUT2D eigenvalue weighted by atomic mass is 15.2. The fourth-order valence-electron chi connectivity index (χ4n) is 2.41. The number of hydrogen-bond acceptors (Lipinski definition) is 2. The lowest BCUT2D eigenvalue weighted by molar-refractivity contribution is 0.322. The third-order valence-corrected chi connectivity index (χ3v) is 3.25. The molecule has 1 saturated heterocycles. The van der Waals surface area contributed by atoms with E-state index in [-0.39, 0.29) is 0 Å². The first-order valence-electron chi connectivity index (χ1n) is 5.97. The molecule has 0 radical (unpaired) electrons. The molecule has 0 aromatic carbocycles. The Morgan fingerprint density at radius 3 is 3.07 bits per heavy atom. The molecule has 2 unspecified atom stereocenters. The molecule has 3 nitrogen and oxygen atoms in total. The van der Waals surface area contributed by atoms with Gasteiger partial charge in [0.1, 0.15) is 0 Å². The van der Waals surface area contributed by atoms with Gasteiger partial charge in [-0.05, 0) is 38.2 Å². The van der Waals surface area contributed by atoms with E-state index in [1.54, 1.807) is 0 Å². The normalized spacial score (nSPS) is 26.8. The number of aromatic nitrogens is 2. The zero-order chi connectivity index (χ0) is 10.7. The first kappa shape index (κ1) is 10.7. The van der Waals surface area contributed by atoms with Gasteiger partial charge in [0.25, 0.3) is 0 Å². The second kappa shape index (κ2) is 4.79. The molecular weight excluding hydrogens is 186 g/mol. The van der Waals surface area contributed by atoms with Gasteiger partial charge >= 0.3 is 0 Å². The summed E-state index contributed by atoms with van der Waals surface area (Å²) in [4.78, 5) is 0. The van der Waals surface area contributed by atoms with Crippen molar-refractivity contribution in [2.24, 2.45) is 7.05 Å². The maximum atomic E-state index is 4.19. The molecule has 2 rings (SSSR count). The molecule has 2 atom stereocenters. The molecule has 2 heterocycles. The van der Waals surface area contributed by atoms with Crippen LogP contribution >= 0.6 is 0 Å². The van der Waals surface area contributed by atoms with Gasteiger partial charge in [-0.1, -0.05) is 6.42 Å². The molecule has 15 heavy (non-hydrogen) atoms. The average molecular weight is 207 g/mol. The summed E-state index contributed by atoms with van der Waals surface area (Å²) < 4.78 is 1.88. The first-order chi connectivity index (χ1) is 7.24. The molecule has 0 aliphatic carbocycles. The van der Waals surface area contributed by atoms with Gasteiger partial charge in [-0.2, -0.15) is 5.10 Å². The van der Waals surface area contributed by atoms with Crippen molar-refractivity contribution >= 4 is 0 Å². The maximum absolute atomic E-state index is 4.19.